The van der Waals surface area contributed by atoms with Crippen molar-refractivity contribution in [2.75, 3.05) is 5.75 Å². The number of rotatable bonds is 5. The first-order valence-corrected chi connectivity index (χ1v) is 6.67. The average Bonchev–Trinajstić information content (AvgIpc) is 2.21. The lowest BCUT2D eigenvalue weighted by Gasteiger charge is -2.10. The first-order valence-electron chi connectivity index (χ1n) is 4.96. The van der Waals surface area contributed by atoms with Gasteiger partial charge in [0.1, 0.15) is 0 Å². The van der Waals surface area contributed by atoms with Crippen LogP contribution >= 0.6 is 35.2 Å². The number of hydrogen-bond donors (Lipinski definition) is 1. The maximum absolute atomic E-state index is 11.6. The molecule has 84 valence electrons. The Labute approximate surface area is 109 Å². The monoisotopic (exact) mass is 338 g/mol. The van der Waals surface area contributed by atoms with Gasteiger partial charge in [-0.15, -0.1) is 0 Å². The van der Waals surface area contributed by atoms with E-state index in [0.717, 1.165) is 25.1 Å². The Morgan fingerprint density at radius 3 is 3.00 bits per heavy atom. The molecule has 0 fully saturated rings. The lowest BCUT2D eigenvalue weighted by Crippen LogP contribution is -2.23. The smallest absolute Gasteiger partial charge is 0.266 e. The van der Waals surface area contributed by atoms with Crippen molar-refractivity contribution >= 4 is 35.2 Å². The average molecular weight is 338 g/mol. The Bertz CT molecular complexity index is 367. The number of hydrogen-bond acceptors (Lipinski definition) is 3. The molecule has 1 heterocycles. The second-order valence-electron chi connectivity index (χ2n) is 3.65. The molecule has 0 radical (unpaired) electrons. The second-order valence-corrected chi connectivity index (χ2v) is 5.26. The molecule has 0 spiro atoms. The summed E-state index contributed by atoms with van der Waals surface area (Å²) in [6.07, 6.45) is 5.30. The van der Waals surface area contributed by atoms with Gasteiger partial charge in [-0.1, -0.05) is 6.92 Å². The summed E-state index contributed by atoms with van der Waals surface area (Å²) in [6.45, 7) is 2.93. The number of thiol groups is 1. The fraction of sp³-hybridized carbons (Fsp3) is 0.600. The topological polar surface area (TPSA) is 34.9 Å². The molecule has 1 atom stereocenters. The predicted octanol–water partition coefficient (Wildman–Crippen LogP) is 2.19. The summed E-state index contributed by atoms with van der Waals surface area (Å²) < 4.78 is 2.36. The van der Waals surface area contributed by atoms with Gasteiger partial charge in [-0.2, -0.15) is 12.6 Å². The van der Waals surface area contributed by atoms with E-state index >= 15 is 0 Å². The Balaban J connectivity index is 2.58. The largest absolute Gasteiger partial charge is 0.298 e. The van der Waals surface area contributed by atoms with E-state index < -0.39 is 0 Å². The number of nitrogens with zero attached hydrogens (tertiary/aromatic N) is 2. The van der Waals surface area contributed by atoms with E-state index in [0.29, 0.717) is 9.49 Å². The molecule has 5 heteroatoms. The van der Waals surface area contributed by atoms with Crippen molar-refractivity contribution < 1.29 is 0 Å². The summed E-state index contributed by atoms with van der Waals surface area (Å²) in [7, 11) is 0. The summed E-state index contributed by atoms with van der Waals surface area (Å²) in [5.41, 5.74) is 0.0590. The molecule has 0 bridgehead atoms. The molecule has 0 aliphatic heterocycles. The van der Waals surface area contributed by atoms with E-state index in [1.165, 1.54) is 0 Å². The molecule has 0 aliphatic carbocycles. The first kappa shape index (κ1) is 13.0. The molecule has 1 unspecified atom stereocenters. The highest BCUT2D eigenvalue weighted by molar-refractivity contribution is 14.1. The molecule has 1 aromatic heterocycles. The van der Waals surface area contributed by atoms with E-state index in [2.05, 4.69) is 24.5 Å². The zero-order valence-electron chi connectivity index (χ0n) is 8.69. The highest BCUT2D eigenvalue weighted by Gasteiger charge is 2.04. The molecule has 0 saturated heterocycles. The van der Waals surface area contributed by atoms with Crippen LogP contribution in [0.25, 0.3) is 0 Å². The normalized spacial score (nSPS) is 12.7. The van der Waals surface area contributed by atoms with E-state index in [9.17, 15) is 4.79 Å². The van der Waals surface area contributed by atoms with Crippen LogP contribution in [0, 0.1) is 9.49 Å². The van der Waals surface area contributed by atoms with Gasteiger partial charge in [0, 0.05) is 12.7 Å². The van der Waals surface area contributed by atoms with Crippen molar-refractivity contribution in [1.82, 2.24) is 9.55 Å². The van der Waals surface area contributed by atoms with Crippen LogP contribution in [0.1, 0.15) is 19.8 Å². The summed E-state index contributed by atoms with van der Waals surface area (Å²) in [5.74, 6) is 1.51. The van der Waals surface area contributed by atoms with Crippen molar-refractivity contribution in [2.24, 2.45) is 5.92 Å². The van der Waals surface area contributed by atoms with Gasteiger partial charge in [-0.05, 0) is 47.1 Å². The fourth-order valence-corrected chi connectivity index (χ4v) is 2.22. The van der Waals surface area contributed by atoms with E-state index in [1.807, 2.05) is 22.6 Å². The first-order chi connectivity index (χ1) is 7.15. The lowest BCUT2D eigenvalue weighted by molar-refractivity contribution is 0.462. The molecule has 1 rings (SSSR count). The Kier molecular flexibility index (Phi) is 5.66. The molecule has 1 aromatic rings. The lowest BCUT2D eigenvalue weighted by atomic mass is 10.1. The van der Waals surface area contributed by atoms with Crippen molar-refractivity contribution in [1.29, 1.82) is 0 Å². The molecule has 3 nitrogen and oxygen atoms in total. The Morgan fingerprint density at radius 1 is 1.60 bits per heavy atom. The van der Waals surface area contributed by atoms with Gasteiger partial charge in [0.25, 0.3) is 5.56 Å². The zero-order chi connectivity index (χ0) is 11.3. The summed E-state index contributed by atoms with van der Waals surface area (Å²) in [6, 6.07) is 0. The molecule has 0 amide bonds. The minimum atomic E-state index is 0.0590. The summed E-state index contributed by atoms with van der Waals surface area (Å²) in [4.78, 5) is 15.6. The minimum absolute atomic E-state index is 0.0590. The Morgan fingerprint density at radius 2 is 2.33 bits per heavy atom. The molecule has 0 aliphatic rings. The predicted molar refractivity (Wildman–Crippen MR) is 73.5 cm³/mol. The van der Waals surface area contributed by atoms with Gasteiger partial charge in [0.05, 0.1) is 9.90 Å². The fourth-order valence-electron chi connectivity index (χ4n) is 1.31. The maximum atomic E-state index is 11.6. The summed E-state index contributed by atoms with van der Waals surface area (Å²) >= 11 is 6.21. The van der Waals surface area contributed by atoms with Crippen LogP contribution in [-0.4, -0.2) is 15.3 Å². The van der Waals surface area contributed by atoms with Gasteiger partial charge in [0.2, 0.25) is 0 Å². The minimum Gasteiger partial charge on any atom is -0.298 e. The molecule has 0 aromatic carbocycles. The van der Waals surface area contributed by atoms with Crippen molar-refractivity contribution in [3.05, 3.63) is 26.4 Å². The van der Waals surface area contributed by atoms with Gasteiger partial charge in [-0.25, -0.2) is 4.98 Å². The Hall–Kier alpha value is -0.0400. The third-order valence-corrected chi connectivity index (χ3v) is 3.34. The highest BCUT2D eigenvalue weighted by atomic mass is 127. The molecule has 0 saturated carbocycles. The van der Waals surface area contributed by atoms with E-state index in [4.69, 9.17) is 0 Å². The maximum Gasteiger partial charge on any atom is 0.266 e. The van der Waals surface area contributed by atoms with Gasteiger partial charge < -0.3 is 0 Å². The van der Waals surface area contributed by atoms with Crippen LogP contribution in [0.15, 0.2) is 17.3 Å². The van der Waals surface area contributed by atoms with Crippen LogP contribution in [0.3, 0.4) is 0 Å². The van der Waals surface area contributed by atoms with E-state index in [-0.39, 0.29) is 5.56 Å². The van der Waals surface area contributed by atoms with Crippen molar-refractivity contribution in [3.63, 3.8) is 0 Å². The molecular weight excluding hydrogens is 323 g/mol. The van der Waals surface area contributed by atoms with Crippen LogP contribution in [0.4, 0.5) is 0 Å². The zero-order valence-corrected chi connectivity index (χ0v) is 11.7. The van der Waals surface area contributed by atoms with Crippen LogP contribution in [0.5, 0.6) is 0 Å². The SMILES string of the molecule is CC(CCS)CCn1cncc(I)c1=O. The highest BCUT2D eigenvalue weighted by Crippen LogP contribution is 2.09. The van der Waals surface area contributed by atoms with Crippen LogP contribution < -0.4 is 5.56 Å². The van der Waals surface area contributed by atoms with Crippen molar-refractivity contribution in [2.45, 2.75) is 26.3 Å². The molecular formula is C10H15IN2OS. The number of aromatic nitrogens is 2. The van der Waals surface area contributed by atoms with Gasteiger partial charge in [-0.3, -0.25) is 9.36 Å². The summed E-state index contributed by atoms with van der Waals surface area (Å²) in [5, 5.41) is 0. The van der Waals surface area contributed by atoms with Gasteiger partial charge in [0.15, 0.2) is 0 Å². The van der Waals surface area contributed by atoms with Crippen LogP contribution in [-0.2, 0) is 6.54 Å². The van der Waals surface area contributed by atoms with E-state index in [1.54, 1.807) is 17.1 Å². The second kappa shape index (κ2) is 6.52. The molecule has 0 N–H and O–H groups in total. The third-order valence-electron chi connectivity index (χ3n) is 2.34. The number of halogens is 1. The molecule has 15 heavy (non-hydrogen) atoms. The van der Waals surface area contributed by atoms with Crippen molar-refractivity contribution in [3.8, 4) is 0 Å². The standard InChI is InChI=1S/C10H15IN2OS/c1-8(3-5-15)2-4-13-7-12-6-9(11)10(13)14/h6-8,15H,2-5H2,1H3. The third kappa shape index (κ3) is 4.14. The van der Waals surface area contributed by atoms with Gasteiger partial charge >= 0.3 is 0 Å². The van der Waals surface area contributed by atoms with Crippen LogP contribution in [0.2, 0.25) is 0 Å². The quantitative estimate of drug-likeness (QED) is 0.660. The number of aryl methyl sites for hydroxylation is 1.